The van der Waals surface area contributed by atoms with Gasteiger partial charge in [-0.25, -0.2) is 4.98 Å². The summed E-state index contributed by atoms with van der Waals surface area (Å²) in [7, 11) is 4.12. The molecule has 1 aliphatic rings. The Morgan fingerprint density at radius 2 is 2.08 bits per heavy atom. The summed E-state index contributed by atoms with van der Waals surface area (Å²) in [6.45, 7) is 3.67. The van der Waals surface area contributed by atoms with E-state index in [0.717, 1.165) is 41.8 Å². The van der Waals surface area contributed by atoms with Crippen LogP contribution in [0.3, 0.4) is 0 Å². The van der Waals surface area contributed by atoms with Gasteiger partial charge in [-0.15, -0.1) is 0 Å². The van der Waals surface area contributed by atoms with Crippen LogP contribution in [0.5, 0.6) is 5.75 Å². The Kier molecular flexibility index (Phi) is 3.81. The minimum Gasteiger partial charge on any atom is -0.508 e. The number of phenols is 1. The molecule has 0 unspecified atom stereocenters. The molecule has 0 saturated heterocycles. The Morgan fingerprint density at radius 3 is 2.88 bits per heavy atom. The predicted molar refractivity (Wildman–Crippen MR) is 101 cm³/mol. The number of likely N-dealkylation sites (N-methyl/N-ethyl adjacent to an activating group) is 1. The average molecular weight is 334 g/mol. The first-order valence-corrected chi connectivity index (χ1v) is 8.53. The van der Waals surface area contributed by atoms with Gasteiger partial charge >= 0.3 is 0 Å². The summed E-state index contributed by atoms with van der Waals surface area (Å²) in [6, 6.07) is 5.81. The molecule has 25 heavy (non-hydrogen) atoms. The smallest absolute Gasteiger partial charge is 0.130 e. The standard InChI is InChI=1S/C20H22N4O/c1-12-17(25)5-4-14-18-15(10-13-6-7-21-11-16(13)18)20(23-19(12)14)22-8-9-24(2)3/h4-7,11,25H,8-10H2,1-3H3,(H,22,23). The number of rotatable bonds is 4. The van der Waals surface area contributed by atoms with Gasteiger partial charge in [0.1, 0.15) is 11.6 Å². The summed E-state index contributed by atoms with van der Waals surface area (Å²) in [5.74, 6) is 1.19. The van der Waals surface area contributed by atoms with Crippen LogP contribution < -0.4 is 5.32 Å². The zero-order valence-electron chi connectivity index (χ0n) is 14.8. The maximum Gasteiger partial charge on any atom is 0.130 e. The zero-order valence-corrected chi connectivity index (χ0v) is 14.8. The molecule has 1 aromatic carbocycles. The van der Waals surface area contributed by atoms with Crippen molar-refractivity contribution in [3.8, 4) is 16.9 Å². The van der Waals surface area contributed by atoms with Crippen molar-refractivity contribution in [1.29, 1.82) is 0 Å². The molecule has 0 aliphatic heterocycles. The predicted octanol–water partition coefficient (Wildman–Crippen LogP) is 3.19. The topological polar surface area (TPSA) is 61.3 Å². The summed E-state index contributed by atoms with van der Waals surface area (Å²) in [4.78, 5) is 11.3. The molecule has 2 heterocycles. The molecule has 0 atom stereocenters. The summed E-state index contributed by atoms with van der Waals surface area (Å²) >= 11 is 0. The van der Waals surface area contributed by atoms with Crippen molar-refractivity contribution in [1.82, 2.24) is 14.9 Å². The molecular formula is C20H22N4O. The maximum atomic E-state index is 10.1. The number of pyridine rings is 2. The molecule has 2 N–H and O–H groups in total. The van der Waals surface area contributed by atoms with E-state index in [2.05, 4.69) is 35.4 Å². The third kappa shape index (κ3) is 2.61. The fraction of sp³-hybridized carbons (Fsp3) is 0.300. The lowest BCUT2D eigenvalue weighted by Gasteiger charge is -2.16. The zero-order chi connectivity index (χ0) is 17.6. The number of aryl methyl sites for hydroxylation is 1. The first-order chi connectivity index (χ1) is 12.1. The molecule has 2 aromatic heterocycles. The quantitative estimate of drug-likeness (QED) is 0.600. The lowest BCUT2D eigenvalue weighted by molar-refractivity contribution is 0.425. The number of hydrogen-bond donors (Lipinski definition) is 2. The lowest BCUT2D eigenvalue weighted by Crippen LogP contribution is -2.21. The molecule has 128 valence electrons. The van der Waals surface area contributed by atoms with Crippen molar-refractivity contribution < 1.29 is 5.11 Å². The molecule has 0 spiro atoms. The number of aromatic nitrogens is 2. The number of anilines is 1. The number of fused-ring (bicyclic) bond motifs is 5. The number of aromatic hydroxyl groups is 1. The van der Waals surface area contributed by atoms with Crippen LogP contribution in [-0.4, -0.2) is 47.2 Å². The van der Waals surface area contributed by atoms with E-state index in [1.807, 2.05) is 25.4 Å². The van der Waals surface area contributed by atoms with Crippen molar-refractivity contribution >= 4 is 16.7 Å². The van der Waals surface area contributed by atoms with Gasteiger partial charge < -0.3 is 15.3 Å². The molecular weight excluding hydrogens is 312 g/mol. The first kappa shape index (κ1) is 15.8. The number of hydrogen-bond acceptors (Lipinski definition) is 5. The van der Waals surface area contributed by atoms with E-state index in [-0.39, 0.29) is 5.75 Å². The Bertz CT molecular complexity index is 966. The van der Waals surface area contributed by atoms with Gasteiger partial charge in [0.25, 0.3) is 0 Å². The summed E-state index contributed by atoms with van der Waals surface area (Å²) in [5.41, 5.74) is 6.53. The largest absolute Gasteiger partial charge is 0.508 e. The second kappa shape index (κ2) is 6.01. The molecule has 5 heteroatoms. The van der Waals surface area contributed by atoms with E-state index >= 15 is 0 Å². The van der Waals surface area contributed by atoms with Crippen molar-refractivity contribution in [2.45, 2.75) is 13.3 Å². The Labute approximate surface area is 147 Å². The maximum absolute atomic E-state index is 10.1. The van der Waals surface area contributed by atoms with E-state index in [9.17, 15) is 5.11 Å². The highest BCUT2D eigenvalue weighted by molar-refractivity contribution is 6.03. The van der Waals surface area contributed by atoms with Crippen molar-refractivity contribution in [3.63, 3.8) is 0 Å². The van der Waals surface area contributed by atoms with Crippen LogP contribution in [0.25, 0.3) is 22.0 Å². The number of nitrogens with zero attached hydrogens (tertiary/aromatic N) is 3. The SMILES string of the molecule is Cc1c(O)ccc2c3c(c(NCCN(C)C)nc12)Cc1ccncc1-3. The summed E-state index contributed by atoms with van der Waals surface area (Å²) < 4.78 is 0. The third-order valence-electron chi connectivity index (χ3n) is 4.88. The molecule has 4 rings (SSSR count). The van der Waals surface area contributed by atoms with Crippen LogP contribution >= 0.6 is 0 Å². The number of benzene rings is 1. The number of phenolic OH excluding ortho intramolecular Hbond substituents is 1. The Hall–Kier alpha value is -2.66. The molecule has 3 aromatic rings. The van der Waals surface area contributed by atoms with E-state index in [1.54, 1.807) is 6.07 Å². The monoisotopic (exact) mass is 334 g/mol. The van der Waals surface area contributed by atoms with E-state index in [4.69, 9.17) is 4.98 Å². The van der Waals surface area contributed by atoms with Gasteiger partial charge in [0, 0.05) is 59.5 Å². The van der Waals surface area contributed by atoms with Gasteiger partial charge in [0.05, 0.1) is 5.52 Å². The third-order valence-corrected chi connectivity index (χ3v) is 4.88. The van der Waals surface area contributed by atoms with Gasteiger partial charge in [0.2, 0.25) is 0 Å². The molecule has 0 amide bonds. The van der Waals surface area contributed by atoms with Crippen LogP contribution in [0.1, 0.15) is 16.7 Å². The van der Waals surface area contributed by atoms with Gasteiger partial charge in [-0.1, -0.05) is 0 Å². The molecule has 0 saturated carbocycles. The molecule has 5 nitrogen and oxygen atoms in total. The van der Waals surface area contributed by atoms with Crippen LogP contribution in [-0.2, 0) is 6.42 Å². The van der Waals surface area contributed by atoms with Gasteiger partial charge in [-0.3, -0.25) is 4.98 Å². The molecule has 0 radical (unpaired) electrons. The lowest BCUT2D eigenvalue weighted by atomic mass is 9.99. The van der Waals surface area contributed by atoms with Crippen LogP contribution in [0.2, 0.25) is 0 Å². The van der Waals surface area contributed by atoms with E-state index in [0.29, 0.717) is 0 Å². The molecule has 0 bridgehead atoms. The molecule has 1 aliphatic carbocycles. The first-order valence-electron chi connectivity index (χ1n) is 8.53. The van der Waals surface area contributed by atoms with E-state index in [1.165, 1.54) is 22.3 Å². The van der Waals surface area contributed by atoms with Gasteiger partial charge in [0.15, 0.2) is 0 Å². The minimum absolute atomic E-state index is 0.281. The Morgan fingerprint density at radius 1 is 1.24 bits per heavy atom. The van der Waals surface area contributed by atoms with Crippen molar-refractivity contribution in [2.75, 3.05) is 32.5 Å². The van der Waals surface area contributed by atoms with Crippen LogP contribution in [0, 0.1) is 6.92 Å². The highest BCUT2D eigenvalue weighted by Gasteiger charge is 2.26. The summed E-state index contributed by atoms with van der Waals surface area (Å²) in [5, 5.41) is 14.7. The fourth-order valence-electron chi connectivity index (χ4n) is 3.51. The van der Waals surface area contributed by atoms with Gasteiger partial charge in [-0.2, -0.15) is 0 Å². The second-order valence-electron chi connectivity index (χ2n) is 6.86. The highest BCUT2D eigenvalue weighted by Crippen LogP contribution is 2.44. The minimum atomic E-state index is 0.281. The number of nitrogens with one attached hydrogen (secondary N) is 1. The fourth-order valence-corrected chi connectivity index (χ4v) is 3.51. The van der Waals surface area contributed by atoms with Crippen molar-refractivity contribution in [2.24, 2.45) is 0 Å². The average Bonchev–Trinajstić information content (AvgIpc) is 2.98. The van der Waals surface area contributed by atoms with Crippen LogP contribution in [0.4, 0.5) is 5.82 Å². The van der Waals surface area contributed by atoms with Gasteiger partial charge in [-0.05, 0) is 44.8 Å². The second-order valence-corrected chi connectivity index (χ2v) is 6.86. The molecule has 0 fully saturated rings. The highest BCUT2D eigenvalue weighted by atomic mass is 16.3. The van der Waals surface area contributed by atoms with E-state index < -0.39 is 0 Å². The van der Waals surface area contributed by atoms with Crippen LogP contribution in [0.15, 0.2) is 30.6 Å². The summed E-state index contributed by atoms with van der Waals surface area (Å²) in [6.07, 6.45) is 4.64. The normalized spacial score (nSPS) is 12.5. The van der Waals surface area contributed by atoms with Crippen molar-refractivity contribution in [3.05, 3.63) is 47.3 Å². The Balaban J connectivity index is 1.92.